The molecule has 1 rings (SSSR count). The van der Waals surface area contributed by atoms with Gasteiger partial charge in [0.1, 0.15) is 0 Å². The van der Waals surface area contributed by atoms with Gasteiger partial charge in [-0.3, -0.25) is 0 Å². The molecular weight excluding hydrogens is 333 g/mol. The number of hydrogen-bond acceptors (Lipinski definition) is 4. The maximum absolute atomic E-state index is 10.4. The van der Waals surface area contributed by atoms with Gasteiger partial charge in [0.25, 0.3) is 0 Å². The summed E-state index contributed by atoms with van der Waals surface area (Å²) in [5.41, 5.74) is -0.0694. The first kappa shape index (κ1) is 18.3. The third kappa shape index (κ3) is 5.16. The third-order valence-electron chi connectivity index (χ3n) is 1.42. The van der Waals surface area contributed by atoms with Gasteiger partial charge in [0, 0.05) is 9.13 Å². The normalized spacial score (nSPS) is 8.33. The Labute approximate surface area is 144 Å². The van der Waals surface area contributed by atoms with Gasteiger partial charge in [-0.2, -0.15) is 0 Å². The van der Waals surface area contributed by atoms with Crippen LogP contribution in [-0.4, -0.2) is 11.9 Å². The maximum Gasteiger partial charge on any atom is 1.00 e. The molecule has 4 nitrogen and oxygen atoms in total. The number of carbonyl (C=O) groups excluding carboxylic acids is 2. The van der Waals surface area contributed by atoms with Crippen molar-refractivity contribution >= 4 is 34.5 Å². The van der Waals surface area contributed by atoms with Crippen LogP contribution in [0.2, 0.25) is 0 Å². The number of aromatic carboxylic acids is 2. The van der Waals surface area contributed by atoms with Crippen LogP contribution in [0.15, 0.2) is 18.2 Å². The summed E-state index contributed by atoms with van der Waals surface area (Å²) in [6, 6.07) is 3.58. The molecule has 1 aromatic rings. The van der Waals surface area contributed by atoms with Crippen molar-refractivity contribution in [2.45, 2.75) is 0 Å². The fraction of sp³-hybridized carbons (Fsp3) is 0. The van der Waals surface area contributed by atoms with Crippen LogP contribution < -0.4 is 69.3 Å². The first-order valence-electron chi connectivity index (χ1n) is 3.24. The zero-order chi connectivity index (χ0) is 10.0. The summed E-state index contributed by atoms with van der Waals surface area (Å²) in [6.45, 7) is 0. The molecule has 68 valence electrons. The average molecular weight is 336 g/mol. The molecule has 0 aliphatic rings. The van der Waals surface area contributed by atoms with E-state index >= 15 is 0 Å². The fourth-order valence-corrected chi connectivity index (χ4v) is 1.54. The monoisotopic (exact) mass is 336 g/mol. The predicted octanol–water partition coefficient (Wildman–Crippen LogP) is -6.97. The van der Waals surface area contributed by atoms with Crippen LogP contribution in [0, 0.1) is 3.57 Å². The van der Waals surface area contributed by atoms with E-state index in [2.05, 4.69) is 0 Å². The molecule has 0 aliphatic heterocycles. The minimum atomic E-state index is -1.33. The van der Waals surface area contributed by atoms with E-state index in [9.17, 15) is 19.8 Å². The quantitative estimate of drug-likeness (QED) is 0.397. The number of carboxylic acid groups (broad SMARTS) is 2. The van der Waals surface area contributed by atoms with E-state index in [0.717, 1.165) is 0 Å². The van der Waals surface area contributed by atoms with Gasteiger partial charge in [-0.15, -0.1) is 0 Å². The molecule has 0 fully saturated rings. The van der Waals surface area contributed by atoms with Crippen molar-refractivity contribution in [3.63, 3.8) is 0 Å². The Bertz CT molecular complexity index is 381. The molecule has 0 saturated heterocycles. The summed E-state index contributed by atoms with van der Waals surface area (Å²) in [5.74, 6) is -2.66. The zero-order valence-electron chi connectivity index (χ0n) is 8.24. The van der Waals surface area contributed by atoms with Crippen LogP contribution in [0.5, 0.6) is 0 Å². The van der Waals surface area contributed by atoms with Gasteiger partial charge in [-0.05, 0) is 34.2 Å². The molecule has 0 amide bonds. The van der Waals surface area contributed by atoms with Gasteiger partial charge < -0.3 is 19.8 Å². The van der Waals surface area contributed by atoms with Crippen molar-refractivity contribution in [3.05, 3.63) is 32.9 Å². The van der Waals surface area contributed by atoms with Gasteiger partial charge in [0.05, 0.1) is 11.9 Å². The van der Waals surface area contributed by atoms with Crippen molar-refractivity contribution in [3.8, 4) is 0 Å². The van der Waals surface area contributed by atoms with Crippen LogP contribution in [-0.2, 0) is 0 Å². The Hall–Kier alpha value is 0.890. The van der Waals surface area contributed by atoms with E-state index in [0.29, 0.717) is 3.57 Å². The predicted molar refractivity (Wildman–Crippen MR) is 47.8 cm³/mol. The second-order valence-electron chi connectivity index (χ2n) is 2.27. The number of carbonyl (C=O) groups is 2. The van der Waals surface area contributed by atoms with Crippen LogP contribution in [0.4, 0.5) is 0 Å². The number of hydrogen-bond donors (Lipinski definition) is 0. The molecule has 0 aromatic heterocycles. The van der Waals surface area contributed by atoms with Crippen molar-refractivity contribution < 1.29 is 78.9 Å². The van der Waals surface area contributed by atoms with E-state index in [-0.39, 0.29) is 70.2 Å². The van der Waals surface area contributed by atoms with Gasteiger partial charge in [-0.1, -0.05) is 12.1 Å². The molecule has 0 atom stereocenters. The van der Waals surface area contributed by atoms with Crippen molar-refractivity contribution in [1.29, 1.82) is 0 Å². The second-order valence-corrected chi connectivity index (χ2v) is 3.43. The minimum Gasteiger partial charge on any atom is -0.545 e. The molecular formula is C8H3INa2O4. The topological polar surface area (TPSA) is 80.3 Å². The third-order valence-corrected chi connectivity index (χ3v) is 2.32. The SMILES string of the molecule is O=C([O-])c1ccc(C(=O)[O-])c(I)c1.[Na+].[Na+]. The number of halogens is 1. The Morgan fingerprint density at radius 1 is 1.07 bits per heavy atom. The van der Waals surface area contributed by atoms with Crippen molar-refractivity contribution in [2.24, 2.45) is 0 Å². The first-order chi connectivity index (χ1) is 6.02. The standard InChI is InChI=1S/C8H5IO4.2Na/c9-6-3-4(7(10)11)1-2-5(6)8(12)13;;/h1-3H,(H,10,11)(H,12,13);;/q;2*+1/p-2. The van der Waals surface area contributed by atoms with Crippen molar-refractivity contribution in [2.75, 3.05) is 0 Å². The Kier molecular flexibility index (Phi) is 9.80. The van der Waals surface area contributed by atoms with E-state index in [1.54, 1.807) is 22.6 Å². The summed E-state index contributed by atoms with van der Waals surface area (Å²) < 4.78 is 0.319. The number of carboxylic acids is 2. The van der Waals surface area contributed by atoms with Gasteiger partial charge in [0.2, 0.25) is 0 Å². The largest absolute Gasteiger partial charge is 1.00 e. The summed E-state index contributed by atoms with van der Waals surface area (Å²) in [5, 5.41) is 20.8. The fourth-order valence-electron chi connectivity index (χ4n) is 0.808. The molecule has 0 aliphatic carbocycles. The van der Waals surface area contributed by atoms with E-state index in [4.69, 9.17) is 0 Å². The maximum atomic E-state index is 10.4. The molecule has 1 aromatic carbocycles. The van der Waals surface area contributed by atoms with E-state index in [1.165, 1.54) is 18.2 Å². The molecule has 0 N–H and O–H groups in total. The van der Waals surface area contributed by atoms with Crippen LogP contribution in [0.1, 0.15) is 20.7 Å². The number of benzene rings is 1. The molecule has 0 heterocycles. The van der Waals surface area contributed by atoms with Crippen LogP contribution >= 0.6 is 22.6 Å². The summed E-state index contributed by atoms with van der Waals surface area (Å²) in [6.07, 6.45) is 0. The molecule has 0 unspecified atom stereocenters. The van der Waals surface area contributed by atoms with Gasteiger partial charge in [0.15, 0.2) is 0 Å². The average Bonchev–Trinajstić information content (AvgIpc) is 2.03. The molecule has 15 heavy (non-hydrogen) atoms. The molecule has 7 heteroatoms. The molecule has 0 bridgehead atoms. The van der Waals surface area contributed by atoms with Crippen LogP contribution in [0.3, 0.4) is 0 Å². The van der Waals surface area contributed by atoms with Gasteiger partial charge in [-0.25, -0.2) is 0 Å². The Morgan fingerprint density at radius 2 is 1.60 bits per heavy atom. The number of rotatable bonds is 2. The first-order valence-corrected chi connectivity index (χ1v) is 4.32. The van der Waals surface area contributed by atoms with E-state index in [1.807, 2.05) is 0 Å². The molecule has 0 saturated carbocycles. The molecule has 0 spiro atoms. The van der Waals surface area contributed by atoms with E-state index < -0.39 is 11.9 Å². The summed E-state index contributed by atoms with van der Waals surface area (Å²) in [7, 11) is 0. The van der Waals surface area contributed by atoms with Crippen LogP contribution in [0.25, 0.3) is 0 Å². The minimum absolute atomic E-state index is 0. The van der Waals surface area contributed by atoms with Gasteiger partial charge >= 0.3 is 59.1 Å². The summed E-state index contributed by atoms with van der Waals surface area (Å²) >= 11 is 1.72. The Morgan fingerprint density at radius 3 is 1.93 bits per heavy atom. The molecule has 0 radical (unpaired) electrons. The summed E-state index contributed by atoms with van der Waals surface area (Å²) in [4.78, 5) is 20.8. The zero-order valence-corrected chi connectivity index (χ0v) is 14.4. The smallest absolute Gasteiger partial charge is 0.545 e. The second kappa shape index (κ2) is 8.05. The Balaban J connectivity index is 0. The van der Waals surface area contributed by atoms with Crippen molar-refractivity contribution in [1.82, 2.24) is 0 Å².